The first-order chi connectivity index (χ1) is 6.29. The molecule has 0 N–H and O–H groups in total. The SMILES string of the molecule is Cc1ccccc1-c1cnoc1Br. The maximum atomic E-state index is 4.94. The third-order valence-corrected chi connectivity index (χ3v) is 2.53. The third-order valence-electron chi connectivity index (χ3n) is 1.96. The number of rotatable bonds is 1. The second-order valence-electron chi connectivity index (χ2n) is 2.83. The summed E-state index contributed by atoms with van der Waals surface area (Å²) < 4.78 is 5.62. The Hall–Kier alpha value is -1.09. The quantitative estimate of drug-likeness (QED) is 0.760. The van der Waals surface area contributed by atoms with Gasteiger partial charge in [-0.25, -0.2) is 0 Å². The van der Waals surface area contributed by atoms with Crippen molar-refractivity contribution in [1.82, 2.24) is 5.16 Å². The van der Waals surface area contributed by atoms with Crippen LogP contribution >= 0.6 is 15.9 Å². The van der Waals surface area contributed by atoms with Crippen molar-refractivity contribution in [3.63, 3.8) is 0 Å². The molecule has 0 aliphatic rings. The lowest BCUT2D eigenvalue weighted by atomic mass is 10.0. The minimum Gasteiger partial charge on any atom is -0.349 e. The van der Waals surface area contributed by atoms with E-state index in [4.69, 9.17) is 4.52 Å². The average molecular weight is 238 g/mol. The highest BCUT2D eigenvalue weighted by Gasteiger charge is 2.08. The molecule has 0 bridgehead atoms. The van der Waals surface area contributed by atoms with E-state index in [-0.39, 0.29) is 0 Å². The van der Waals surface area contributed by atoms with Crippen LogP contribution in [0.1, 0.15) is 5.56 Å². The van der Waals surface area contributed by atoms with Crippen molar-refractivity contribution in [2.24, 2.45) is 0 Å². The zero-order valence-corrected chi connectivity index (χ0v) is 8.71. The molecule has 0 radical (unpaired) electrons. The number of hydrogen-bond acceptors (Lipinski definition) is 2. The van der Waals surface area contributed by atoms with Gasteiger partial charge >= 0.3 is 0 Å². The monoisotopic (exact) mass is 237 g/mol. The van der Waals surface area contributed by atoms with E-state index in [1.54, 1.807) is 6.20 Å². The minimum atomic E-state index is 0.682. The number of benzene rings is 1. The molecule has 13 heavy (non-hydrogen) atoms. The second-order valence-corrected chi connectivity index (χ2v) is 3.55. The molecule has 2 aromatic rings. The first kappa shape index (κ1) is 8.51. The molecule has 0 aliphatic heterocycles. The Morgan fingerprint density at radius 2 is 2.00 bits per heavy atom. The summed E-state index contributed by atoms with van der Waals surface area (Å²) in [5.41, 5.74) is 3.36. The topological polar surface area (TPSA) is 26.0 Å². The Balaban J connectivity index is 2.59. The molecule has 2 nitrogen and oxygen atoms in total. The van der Waals surface area contributed by atoms with Crippen LogP contribution in [0.4, 0.5) is 0 Å². The Morgan fingerprint density at radius 3 is 2.62 bits per heavy atom. The van der Waals surface area contributed by atoms with Gasteiger partial charge in [-0.05, 0) is 34.0 Å². The maximum absolute atomic E-state index is 4.94. The zero-order chi connectivity index (χ0) is 9.26. The normalized spacial score (nSPS) is 10.3. The molecule has 1 heterocycles. The average Bonchev–Trinajstić information content (AvgIpc) is 2.52. The smallest absolute Gasteiger partial charge is 0.209 e. The van der Waals surface area contributed by atoms with Crippen LogP contribution in [0.25, 0.3) is 11.1 Å². The van der Waals surface area contributed by atoms with Gasteiger partial charge in [0.15, 0.2) is 0 Å². The fourth-order valence-electron chi connectivity index (χ4n) is 1.28. The highest BCUT2D eigenvalue weighted by atomic mass is 79.9. The van der Waals surface area contributed by atoms with E-state index in [9.17, 15) is 0 Å². The van der Waals surface area contributed by atoms with Crippen LogP contribution < -0.4 is 0 Å². The Kier molecular flexibility index (Phi) is 2.19. The zero-order valence-electron chi connectivity index (χ0n) is 7.12. The molecular formula is C10H8BrNO. The van der Waals surface area contributed by atoms with Gasteiger partial charge in [-0.3, -0.25) is 0 Å². The lowest BCUT2D eigenvalue weighted by Gasteiger charge is -2.00. The van der Waals surface area contributed by atoms with Crippen LogP contribution in [0.5, 0.6) is 0 Å². The molecule has 1 aromatic heterocycles. The summed E-state index contributed by atoms with van der Waals surface area (Å²) in [5, 5.41) is 3.72. The molecular weight excluding hydrogens is 230 g/mol. The molecule has 0 atom stereocenters. The number of nitrogens with zero attached hydrogens (tertiary/aromatic N) is 1. The van der Waals surface area contributed by atoms with Crippen molar-refractivity contribution in [2.75, 3.05) is 0 Å². The van der Waals surface area contributed by atoms with E-state index in [1.807, 2.05) is 18.2 Å². The van der Waals surface area contributed by atoms with Crippen LogP contribution in [0.3, 0.4) is 0 Å². The first-order valence-electron chi connectivity index (χ1n) is 3.95. The number of aromatic nitrogens is 1. The molecule has 0 saturated heterocycles. The predicted octanol–water partition coefficient (Wildman–Crippen LogP) is 3.41. The van der Waals surface area contributed by atoms with Gasteiger partial charge in [-0.15, -0.1) is 0 Å². The third kappa shape index (κ3) is 1.52. The predicted molar refractivity (Wildman–Crippen MR) is 54.4 cm³/mol. The van der Waals surface area contributed by atoms with Gasteiger partial charge in [0.1, 0.15) is 0 Å². The van der Waals surface area contributed by atoms with Crippen molar-refractivity contribution >= 4 is 15.9 Å². The molecule has 0 aliphatic carbocycles. The van der Waals surface area contributed by atoms with Crippen LogP contribution in [-0.4, -0.2) is 5.16 Å². The summed E-state index contributed by atoms with van der Waals surface area (Å²) in [6, 6.07) is 8.13. The fourth-order valence-corrected chi connectivity index (χ4v) is 1.68. The van der Waals surface area contributed by atoms with E-state index in [0.29, 0.717) is 4.67 Å². The number of hydrogen-bond donors (Lipinski definition) is 0. The van der Waals surface area contributed by atoms with Crippen molar-refractivity contribution in [3.05, 3.63) is 40.7 Å². The van der Waals surface area contributed by atoms with Gasteiger partial charge in [-0.2, -0.15) is 0 Å². The minimum absolute atomic E-state index is 0.682. The highest BCUT2D eigenvalue weighted by Crippen LogP contribution is 2.29. The van der Waals surface area contributed by atoms with Crippen molar-refractivity contribution in [1.29, 1.82) is 0 Å². The molecule has 2 rings (SSSR count). The van der Waals surface area contributed by atoms with Gasteiger partial charge in [0.05, 0.1) is 11.8 Å². The molecule has 0 amide bonds. The van der Waals surface area contributed by atoms with E-state index >= 15 is 0 Å². The van der Waals surface area contributed by atoms with Crippen molar-refractivity contribution in [2.45, 2.75) is 6.92 Å². The summed E-state index contributed by atoms with van der Waals surface area (Å²) in [4.78, 5) is 0. The van der Waals surface area contributed by atoms with E-state index in [2.05, 4.69) is 34.1 Å². The highest BCUT2D eigenvalue weighted by molar-refractivity contribution is 9.10. The van der Waals surface area contributed by atoms with E-state index in [0.717, 1.165) is 11.1 Å². The van der Waals surface area contributed by atoms with Crippen molar-refractivity contribution in [3.8, 4) is 11.1 Å². The van der Waals surface area contributed by atoms with Gasteiger partial charge in [0, 0.05) is 0 Å². The van der Waals surface area contributed by atoms with Gasteiger partial charge < -0.3 is 4.52 Å². The number of halogens is 1. The van der Waals surface area contributed by atoms with Crippen molar-refractivity contribution < 1.29 is 4.52 Å². The standard InChI is InChI=1S/C10H8BrNO/c1-7-4-2-3-5-8(7)9-6-12-13-10(9)11/h2-6H,1H3. The molecule has 0 spiro atoms. The summed E-state index contributed by atoms with van der Waals surface area (Å²) in [6.07, 6.45) is 1.71. The van der Waals surface area contributed by atoms with Gasteiger partial charge in [-0.1, -0.05) is 29.4 Å². The summed E-state index contributed by atoms with van der Waals surface area (Å²) in [6.45, 7) is 2.06. The van der Waals surface area contributed by atoms with Crippen LogP contribution in [0.2, 0.25) is 0 Å². The van der Waals surface area contributed by atoms with E-state index in [1.165, 1.54) is 5.56 Å². The van der Waals surface area contributed by atoms with Gasteiger partial charge in [0.2, 0.25) is 4.67 Å². The summed E-state index contributed by atoms with van der Waals surface area (Å²) in [7, 11) is 0. The summed E-state index contributed by atoms with van der Waals surface area (Å²) in [5.74, 6) is 0. The Labute approximate surface area is 84.7 Å². The second kappa shape index (κ2) is 3.34. The maximum Gasteiger partial charge on any atom is 0.209 e. The Morgan fingerprint density at radius 1 is 1.23 bits per heavy atom. The first-order valence-corrected chi connectivity index (χ1v) is 4.74. The molecule has 66 valence electrons. The number of aryl methyl sites for hydroxylation is 1. The lowest BCUT2D eigenvalue weighted by Crippen LogP contribution is -1.79. The van der Waals surface area contributed by atoms with Crippen LogP contribution in [0, 0.1) is 6.92 Å². The van der Waals surface area contributed by atoms with Crippen LogP contribution in [-0.2, 0) is 0 Å². The van der Waals surface area contributed by atoms with Gasteiger partial charge in [0.25, 0.3) is 0 Å². The lowest BCUT2D eigenvalue weighted by molar-refractivity contribution is 0.400. The molecule has 3 heteroatoms. The molecule has 0 saturated carbocycles. The van der Waals surface area contributed by atoms with E-state index < -0.39 is 0 Å². The summed E-state index contributed by atoms with van der Waals surface area (Å²) >= 11 is 3.31. The fraction of sp³-hybridized carbons (Fsp3) is 0.100. The molecule has 1 aromatic carbocycles. The molecule has 0 unspecified atom stereocenters. The van der Waals surface area contributed by atoms with Crippen LogP contribution in [0.15, 0.2) is 39.7 Å². The Bertz CT molecular complexity index is 422. The largest absolute Gasteiger partial charge is 0.349 e. The molecule has 0 fully saturated rings.